The second-order valence-corrected chi connectivity index (χ2v) is 7.49. The van der Waals surface area contributed by atoms with E-state index in [2.05, 4.69) is 10.6 Å². The second kappa shape index (κ2) is 8.42. The quantitative estimate of drug-likeness (QED) is 0.579. The Hall–Kier alpha value is -3.23. The van der Waals surface area contributed by atoms with E-state index in [0.717, 1.165) is 24.2 Å². The lowest BCUT2D eigenvalue weighted by molar-refractivity contribution is -0.145. The number of nitrogens with one attached hydrogen (secondary N) is 2. The molecule has 0 unspecified atom stereocenters. The number of carbonyl (C=O) groups is 5. The zero-order chi connectivity index (χ0) is 21.1. The molecule has 1 saturated heterocycles. The molecule has 2 fully saturated rings. The Morgan fingerprint density at radius 3 is 2.34 bits per heavy atom. The van der Waals surface area contributed by atoms with Crippen LogP contribution < -0.4 is 10.6 Å². The number of amides is 6. The number of hydrogen-bond donors (Lipinski definition) is 2. The van der Waals surface area contributed by atoms with E-state index in [1.807, 2.05) is 6.92 Å². The van der Waals surface area contributed by atoms with Crippen molar-refractivity contribution in [2.75, 3.05) is 17.2 Å². The van der Waals surface area contributed by atoms with Crippen LogP contribution >= 0.6 is 0 Å². The van der Waals surface area contributed by atoms with Gasteiger partial charge in [-0.1, -0.05) is 25.8 Å². The van der Waals surface area contributed by atoms with Gasteiger partial charge in [-0.15, -0.1) is 0 Å². The van der Waals surface area contributed by atoms with Crippen LogP contribution in [0.3, 0.4) is 0 Å². The van der Waals surface area contributed by atoms with Crippen molar-refractivity contribution in [2.24, 2.45) is 5.92 Å². The predicted molar refractivity (Wildman–Crippen MR) is 105 cm³/mol. The average Bonchev–Trinajstić information content (AvgIpc) is 2.85. The number of nitrogens with zero attached hydrogens (tertiary/aromatic N) is 2. The molecular weight excluding hydrogens is 376 g/mol. The second-order valence-electron chi connectivity index (χ2n) is 7.49. The van der Waals surface area contributed by atoms with Gasteiger partial charge in [0.1, 0.15) is 6.54 Å². The van der Waals surface area contributed by atoms with E-state index in [0.29, 0.717) is 22.7 Å². The summed E-state index contributed by atoms with van der Waals surface area (Å²) in [6, 6.07) is 5.41. The number of benzene rings is 1. The Balaban J connectivity index is 1.67. The van der Waals surface area contributed by atoms with Crippen molar-refractivity contribution in [2.45, 2.75) is 45.6 Å². The highest BCUT2D eigenvalue weighted by Crippen LogP contribution is 2.31. The molecule has 2 N–H and O–H groups in total. The number of rotatable bonds is 5. The molecule has 1 heterocycles. The van der Waals surface area contributed by atoms with Crippen LogP contribution in [0.1, 0.15) is 39.5 Å². The van der Waals surface area contributed by atoms with Gasteiger partial charge in [-0.2, -0.15) is 0 Å². The Kier molecular flexibility index (Phi) is 5.95. The van der Waals surface area contributed by atoms with Gasteiger partial charge in [0.15, 0.2) is 0 Å². The molecule has 9 heteroatoms. The number of hydrogen-bond acceptors (Lipinski definition) is 5. The molecule has 2 aliphatic rings. The molecule has 3 rings (SSSR count). The molecule has 1 aromatic carbocycles. The molecule has 9 nitrogen and oxygen atoms in total. The molecule has 29 heavy (non-hydrogen) atoms. The van der Waals surface area contributed by atoms with E-state index in [4.69, 9.17) is 0 Å². The minimum absolute atomic E-state index is 0.120. The molecule has 0 radical (unpaired) electrons. The Morgan fingerprint density at radius 1 is 1.03 bits per heavy atom. The number of carbonyl (C=O) groups excluding carboxylic acids is 5. The summed E-state index contributed by atoms with van der Waals surface area (Å²) < 4.78 is 0. The Bertz CT molecular complexity index is 868. The molecule has 1 aliphatic heterocycles. The highest BCUT2D eigenvalue weighted by molar-refractivity contribution is 6.45. The van der Waals surface area contributed by atoms with Gasteiger partial charge in [0.25, 0.3) is 0 Å². The molecule has 1 aliphatic carbocycles. The summed E-state index contributed by atoms with van der Waals surface area (Å²) in [4.78, 5) is 62.7. The Labute approximate surface area is 168 Å². The summed E-state index contributed by atoms with van der Waals surface area (Å²) in [5.74, 6) is -2.59. The highest BCUT2D eigenvalue weighted by Gasteiger charge is 2.49. The van der Waals surface area contributed by atoms with Crippen molar-refractivity contribution in [3.8, 4) is 0 Å². The van der Waals surface area contributed by atoms with E-state index < -0.39 is 30.3 Å². The normalized spacial score (nSPS) is 22.1. The van der Waals surface area contributed by atoms with Gasteiger partial charge in [0.2, 0.25) is 11.8 Å². The maximum Gasteiger partial charge on any atom is 0.334 e. The van der Waals surface area contributed by atoms with Crippen LogP contribution in [0.25, 0.3) is 0 Å². The van der Waals surface area contributed by atoms with Crippen LogP contribution in [-0.4, -0.2) is 52.0 Å². The van der Waals surface area contributed by atoms with Gasteiger partial charge in [0, 0.05) is 24.3 Å². The molecule has 6 amide bonds. The first-order chi connectivity index (χ1) is 13.8. The summed E-state index contributed by atoms with van der Waals surface area (Å²) in [5.41, 5.74) is 0.890. The zero-order valence-electron chi connectivity index (χ0n) is 16.4. The minimum Gasteiger partial charge on any atom is -0.326 e. The lowest BCUT2D eigenvalue weighted by Gasteiger charge is -2.34. The molecule has 2 atom stereocenters. The topological polar surface area (TPSA) is 116 Å². The van der Waals surface area contributed by atoms with E-state index in [-0.39, 0.29) is 17.9 Å². The zero-order valence-corrected chi connectivity index (χ0v) is 16.4. The van der Waals surface area contributed by atoms with Crippen molar-refractivity contribution < 1.29 is 24.0 Å². The number of urea groups is 1. The maximum absolute atomic E-state index is 12.7. The first kappa shape index (κ1) is 20.5. The molecule has 0 aromatic heterocycles. The Morgan fingerprint density at radius 2 is 1.69 bits per heavy atom. The average molecular weight is 400 g/mol. The third kappa shape index (κ3) is 4.44. The lowest BCUT2D eigenvalue weighted by atomic mass is 9.85. The van der Waals surface area contributed by atoms with Gasteiger partial charge in [-0.25, -0.2) is 9.69 Å². The molecule has 0 bridgehead atoms. The highest BCUT2D eigenvalue weighted by atomic mass is 16.2. The van der Waals surface area contributed by atoms with Crippen LogP contribution in [0.2, 0.25) is 0 Å². The molecule has 1 saturated carbocycles. The standard InChI is InChI=1S/C20H24N4O5/c1-12-6-3-4-9-16(12)24-19(28)18(27)23(20(24)29)11-17(26)22-15-8-5-7-14(10-15)21-13(2)25/h5,7-8,10,12,16H,3-4,6,9,11H2,1-2H3,(H,21,25)(H,22,26)/t12-,16-/m0/s1. The third-order valence-electron chi connectivity index (χ3n) is 5.25. The monoisotopic (exact) mass is 400 g/mol. The summed E-state index contributed by atoms with van der Waals surface area (Å²) in [5, 5.41) is 5.17. The smallest absolute Gasteiger partial charge is 0.326 e. The minimum atomic E-state index is -0.977. The largest absolute Gasteiger partial charge is 0.334 e. The van der Waals surface area contributed by atoms with Crippen LogP contribution in [0.15, 0.2) is 24.3 Å². The lowest BCUT2D eigenvalue weighted by Crippen LogP contribution is -2.46. The first-order valence-electron chi connectivity index (χ1n) is 9.64. The summed E-state index contributed by atoms with van der Waals surface area (Å²) in [6.45, 7) is 2.78. The van der Waals surface area contributed by atoms with Crippen molar-refractivity contribution in [3.63, 3.8) is 0 Å². The van der Waals surface area contributed by atoms with Crippen LogP contribution in [0.4, 0.5) is 16.2 Å². The van der Waals surface area contributed by atoms with Crippen molar-refractivity contribution >= 4 is 41.0 Å². The van der Waals surface area contributed by atoms with Gasteiger partial charge in [-0.05, 0) is 37.0 Å². The van der Waals surface area contributed by atoms with E-state index >= 15 is 0 Å². The van der Waals surface area contributed by atoms with Crippen molar-refractivity contribution in [3.05, 3.63) is 24.3 Å². The van der Waals surface area contributed by atoms with Crippen LogP contribution in [0, 0.1) is 5.92 Å². The van der Waals surface area contributed by atoms with Crippen LogP contribution in [0.5, 0.6) is 0 Å². The van der Waals surface area contributed by atoms with E-state index in [1.165, 1.54) is 6.92 Å². The number of anilines is 2. The van der Waals surface area contributed by atoms with Gasteiger partial charge in [0.05, 0.1) is 0 Å². The van der Waals surface area contributed by atoms with E-state index in [1.54, 1.807) is 24.3 Å². The van der Waals surface area contributed by atoms with Crippen molar-refractivity contribution in [1.29, 1.82) is 0 Å². The van der Waals surface area contributed by atoms with E-state index in [9.17, 15) is 24.0 Å². The fourth-order valence-electron chi connectivity index (χ4n) is 3.86. The predicted octanol–water partition coefficient (Wildman–Crippen LogP) is 1.95. The molecular formula is C20H24N4O5. The molecule has 0 spiro atoms. The first-order valence-corrected chi connectivity index (χ1v) is 9.64. The third-order valence-corrected chi connectivity index (χ3v) is 5.25. The van der Waals surface area contributed by atoms with Gasteiger partial charge in [-0.3, -0.25) is 24.1 Å². The van der Waals surface area contributed by atoms with Crippen LogP contribution in [-0.2, 0) is 19.2 Å². The maximum atomic E-state index is 12.7. The fraction of sp³-hybridized carbons (Fsp3) is 0.450. The fourth-order valence-corrected chi connectivity index (χ4v) is 3.86. The van der Waals surface area contributed by atoms with Gasteiger partial charge >= 0.3 is 17.8 Å². The summed E-state index contributed by atoms with van der Waals surface area (Å²) in [6.07, 6.45) is 3.49. The van der Waals surface area contributed by atoms with Gasteiger partial charge < -0.3 is 10.6 Å². The molecule has 154 valence electrons. The SMILES string of the molecule is CC(=O)Nc1cccc(NC(=O)CN2C(=O)C(=O)N([C@H]3CCCC[C@@H]3C)C2=O)c1. The molecule has 1 aromatic rings. The van der Waals surface area contributed by atoms with Crippen molar-refractivity contribution in [1.82, 2.24) is 9.80 Å². The summed E-state index contributed by atoms with van der Waals surface area (Å²) >= 11 is 0. The number of imide groups is 2. The summed E-state index contributed by atoms with van der Waals surface area (Å²) in [7, 11) is 0.